The van der Waals surface area contributed by atoms with Gasteiger partial charge in [-0.05, 0) is 31.9 Å². The van der Waals surface area contributed by atoms with E-state index in [-0.39, 0.29) is 17.3 Å². The molecule has 1 aliphatic carbocycles. The molecule has 4 N–H and O–H groups in total. The third-order valence-corrected chi connectivity index (χ3v) is 4.04. The topological polar surface area (TPSA) is 92.4 Å². The molecule has 108 valence electrons. The molecular formula is C14H17FN2O3. The van der Waals surface area contributed by atoms with E-state index in [0.29, 0.717) is 12.8 Å². The number of carboxylic acids is 1. The molecule has 2 atom stereocenters. The van der Waals surface area contributed by atoms with E-state index in [2.05, 4.69) is 5.32 Å². The lowest BCUT2D eigenvalue weighted by Crippen LogP contribution is -2.40. The zero-order valence-corrected chi connectivity index (χ0v) is 11.1. The minimum absolute atomic E-state index is 0.230. The number of anilines is 1. The van der Waals surface area contributed by atoms with Gasteiger partial charge in [-0.3, -0.25) is 9.59 Å². The lowest BCUT2D eigenvalue weighted by atomic mass is 9.84. The van der Waals surface area contributed by atoms with E-state index in [1.54, 1.807) is 6.92 Å². The molecule has 1 aliphatic rings. The summed E-state index contributed by atoms with van der Waals surface area (Å²) in [5.41, 5.74) is 4.27. The zero-order chi connectivity index (χ0) is 14.9. The number of primary amides is 1. The maximum absolute atomic E-state index is 13.7. The Hall–Kier alpha value is -2.11. The highest BCUT2D eigenvalue weighted by Crippen LogP contribution is 2.40. The summed E-state index contributed by atoms with van der Waals surface area (Å²) in [7, 11) is 0. The molecule has 0 heterocycles. The Bertz CT molecular complexity index is 561. The summed E-state index contributed by atoms with van der Waals surface area (Å²) in [6.45, 7) is 1.66. The molecule has 1 fully saturated rings. The number of hydrogen-bond donors (Lipinski definition) is 3. The molecule has 0 radical (unpaired) electrons. The smallest absolute Gasteiger partial charge is 0.311 e. The molecule has 0 saturated heterocycles. The maximum Gasteiger partial charge on any atom is 0.311 e. The molecule has 1 saturated carbocycles. The lowest BCUT2D eigenvalue weighted by Gasteiger charge is -2.29. The van der Waals surface area contributed by atoms with E-state index in [4.69, 9.17) is 5.73 Å². The van der Waals surface area contributed by atoms with Crippen molar-refractivity contribution < 1.29 is 19.1 Å². The van der Waals surface area contributed by atoms with Crippen LogP contribution in [0.5, 0.6) is 0 Å². The van der Waals surface area contributed by atoms with E-state index >= 15 is 0 Å². The number of nitrogens with one attached hydrogen (secondary N) is 1. The number of carbonyl (C=O) groups is 2. The average molecular weight is 280 g/mol. The second-order valence-corrected chi connectivity index (χ2v) is 5.34. The first-order valence-electron chi connectivity index (χ1n) is 6.44. The fraction of sp³-hybridized carbons (Fsp3) is 0.429. The van der Waals surface area contributed by atoms with Gasteiger partial charge >= 0.3 is 5.97 Å². The molecule has 0 aromatic heterocycles. The summed E-state index contributed by atoms with van der Waals surface area (Å²) in [6, 6.07) is 3.77. The molecule has 0 bridgehead atoms. The van der Waals surface area contributed by atoms with Gasteiger partial charge in [0, 0.05) is 6.04 Å². The van der Waals surface area contributed by atoms with Gasteiger partial charge in [0.05, 0.1) is 16.7 Å². The number of amides is 1. The van der Waals surface area contributed by atoms with Crippen molar-refractivity contribution in [2.24, 2.45) is 11.1 Å². The second kappa shape index (κ2) is 5.11. The number of benzene rings is 1. The van der Waals surface area contributed by atoms with Gasteiger partial charge in [0.15, 0.2) is 0 Å². The molecule has 6 heteroatoms. The lowest BCUT2D eigenvalue weighted by molar-refractivity contribution is -0.147. The molecule has 1 amide bonds. The summed E-state index contributed by atoms with van der Waals surface area (Å²) < 4.78 is 13.7. The molecule has 1 aromatic carbocycles. The van der Waals surface area contributed by atoms with Crippen LogP contribution in [0.2, 0.25) is 0 Å². The van der Waals surface area contributed by atoms with Crippen LogP contribution in [-0.4, -0.2) is 23.0 Å². The van der Waals surface area contributed by atoms with Gasteiger partial charge in [0.25, 0.3) is 5.91 Å². The molecule has 20 heavy (non-hydrogen) atoms. The number of halogens is 1. The van der Waals surface area contributed by atoms with Crippen molar-refractivity contribution in [1.82, 2.24) is 0 Å². The fourth-order valence-electron chi connectivity index (χ4n) is 2.74. The summed E-state index contributed by atoms with van der Waals surface area (Å²) in [5.74, 6) is -2.48. The van der Waals surface area contributed by atoms with Crippen molar-refractivity contribution in [3.05, 3.63) is 29.6 Å². The highest BCUT2D eigenvalue weighted by molar-refractivity contribution is 5.98. The molecule has 0 spiro atoms. The molecule has 1 aromatic rings. The normalized spacial score (nSPS) is 25.4. The van der Waals surface area contributed by atoms with E-state index in [0.717, 1.165) is 12.5 Å². The van der Waals surface area contributed by atoms with Crippen LogP contribution in [0.3, 0.4) is 0 Å². The Morgan fingerprint density at radius 3 is 2.80 bits per heavy atom. The van der Waals surface area contributed by atoms with Gasteiger partial charge in [-0.2, -0.15) is 0 Å². The minimum atomic E-state index is -0.929. The Balaban J connectivity index is 2.33. The number of rotatable bonds is 4. The first kappa shape index (κ1) is 14.3. The fourth-order valence-corrected chi connectivity index (χ4v) is 2.74. The minimum Gasteiger partial charge on any atom is -0.481 e. The third-order valence-electron chi connectivity index (χ3n) is 4.04. The van der Waals surface area contributed by atoms with E-state index in [1.807, 2.05) is 0 Å². The van der Waals surface area contributed by atoms with Crippen molar-refractivity contribution in [2.75, 3.05) is 5.32 Å². The van der Waals surface area contributed by atoms with Gasteiger partial charge in [0.2, 0.25) is 0 Å². The summed E-state index contributed by atoms with van der Waals surface area (Å²) >= 11 is 0. The quantitative estimate of drug-likeness (QED) is 0.786. The molecular weight excluding hydrogens is 263 g/mol. The van der Waals surface area contributed by atoms with Crippen LogP contribution >= 0.6 is 0 Å². The van der Waals surface area contributed by atoms with Gasteiger partial charge in [-0.1, -0.05) is 12.5 Å². The van der Waals surface area contributed by atoms with Crippen LogP contribution in [0.25, 0.3) is 0 Å². The number of nitrogens with two attached hydrogens (primary N) is 1. The van der Waals surface area contributed by atoms with Crippen LogP contribution in [0.15, 0.2) is 18.2 Å². The van der Waals surface area contributed by atoms with Crippen molar-refractivity contribution in [2.45, 2.75) is 32.2 Å². The van der Waals surface area contributed by atoms with Gasteiger partial charge in [-0.15, -0.1) is 0 Å². The van der Waals surface area contributed by atoms with E-state index in [1.165, 1.54) is 12.1 Å². The van der Waals surface area contributed by atoms with Crippen molar-refractivity contribution in [1.29, 1.82) is 0 Å². The summed E-state index contributed by atoms with van der Waals surface area (Å²) in [5, 5.41) is 12.3. The first-order valence-corrected chi connectivity index (χ1v) is 6.44. The van der Waals surface area contributed by atoms with Crippen molar-refractivity contribution >= 4 is 17.6 Å². The monoisotopic (exact) mass is 280 g/mol. The number of hydrogen-bond acceptors (Lipinski definition) is 3. The first-order chi connectivity index (χ1) is 9.36. The summed E-state index contributed by atoms with van der Waals surface area (Å²) in [4.78, 5) is 22.7. The summed E-state index contributed by atoms with van der Waals surface area (Å²) in [6.07, 6.45) is 1.96. The van der Waals surface area contributed by atoms with Crippen molar-refractivity contribution in [3.63, 3.8) is 0 Å². The number of carbonyl (C=O) groups excluding carboxylic acids is 1. The predicted molar refractivity (Wildman–Crippen MR) is 71.9 cm³/mol. The third kappa shape index (κ3) is 2.33. The predicted octanol–water partition coefficient (Wildman–Crippen LogP) is 1.98. The zero-order valence-electron chi connectivity index (χ0n) is 11.1. The number of aliphatic carboxylic acids is 1. The van der Waals surface area contributed by atoms with E-state index < -0.39 is 23.1 Å². The molecule has 2 rings (SSSR count). The van der Waals surface area contributed by atoms with Gasteiger partial charge in [-0.25, -0.2) is 4.39 Å². The van der Waals surface area contributed by atoms with E-state index in [9.17, 15) is 19.1 Å². The maximum atomic E-state index is 13.7. The molecule has 5 nitrogen and oxygen atoms in total. The Morgan fingerprint density at radius 1 is 1.50 bits per heavy atom. The van der Waals surface area contributed by atoms with Crippen LogP contribution in [0.4, 0.5) is 10.1 Å². The molecule has 0 aliphatic heterocycles. The Kier molecular flexibility index (Phi) is 3.65. The van der Waals surface area contributed by atoms with Crippen molar-refractivity contribution in [3.8, 4) is 0 Å². The van der Waals surface area contributed by atoms with Crippen LogP contribution in [-0.2, 0) is 4.79 Å². The van der Waals surface area contributed by atoms with Gasteiger partial charge < -0.3 is 16.2 Å². The standard InChI is InChI=1S/C14H17FN2O3/c1-14(13(19)20)7-3-6-10(14)17-9-5-2-4-8(15)11(9)12(16)18/h2,4-5,10,17H,3,6-7H2,1H3,(H2,16,18)(H,19,20). The van der Waals surface area contributed by atoms with Crippen LogP contribution in [0, 0.1) is 11.2 Å². The molecule has 2 unspecified atom stereocenters. The Morgan fingerprint density at radius 2 is 2.20 bits per heavy atom. The van der Waals surface area contributed by atoms with Gasteiger partial charge in [0.1, 0.15) is 5.82 Å². The highest BCUT2D eigenvalue weighted by Gasteiger charge is 2.45. The van der Waals surface area contributed by atoms with Crippen LogP contribution in [0.1, 0.15) is 36.5 Å². The SMILES string of the molecule is CC1(C(=O)O)CCCC1Nc1cccc(F)c1C(N)=O. The second-order valence-electron chi connectivity index (χ2n) is 5.34. The van der Waals surface area contributed by atoms with Crippen LogP contribution < -0.4 is 11.1 Å². The average Bonchev–Trinajstić information content (AvgIpc) is 2.72. The number of carboxylic acid groups (broad SMARTS) is 1. The highest BCUT2D eigenvalue weighted by atomic mass is 19.1. The Labute approximate surface area is 116 Å². The largest absolute Gasteiger partial charge is 0.481 e.